The topological polar surface area (TPSA) is 41.5 Å². The molecule has 1 amide bonds. The summed E-state index contributed by atoms with van der Waals surface area (Å²) in [6.07, 6.45) is 6.95. The largest absolute Gasteiger partial charge is 0.273 e. The van der Waals surface area contributed by atoms with Crippen molar-refractivity contribution in [1.29, 1.82) is 0 Å². The minimum atomic E-state index is 0.0468. The summed E-state index contributed by atoms with van der Waals surface area (Å²) in [5, 5.41) is 4.08. The number of unbranched alkanes of at least 4 members (excludes halogenated alkanes) is 3. The second-order valence-electron chi connectivity index (χ2n) is 3.73. The highest BCUT2D eigenvalue weighted by atomic mass is 16.2. The van der Waals surface area contributed by atoms with Crippen molar-refractivity contribution in [3.05, 3.63) is 0 Å². The Bertz CT molecular complexity index is 194. The number of amides is 1. The van der Waals surface area contributed by atoms with E-state index in [-0.39, 0.29) is 5.91 Å². The van der Waals surface area contributed by atoms with Crippen LogP contribution in [0.4, 0.5) is 0 Å². The molecule has 0 bridgehead atoms. The van der Waals surface area contributed by atoms with Crippen molar-refractivity contribution >= 4 is 11.6 Å². The molecule has 3 heteroatoms. The van der Waals surface area contributed by atoms with E-state index in [9.17, 15) is 4.79 Å². The molecule has 3 nitrogen and oxygen atoms in total. The van der Waals surface area contributed by atoms with Crippen LogP contribution in [0.3, 0.4) is 0 Å². The molecule has 0 aliphatic rings. The Balaban J connectivity index is 3.60. The van der Waals surface area contributed by atoms with Crippen molar-refractivity contribution in [1.82, 2.24) is 5.43 Å². The molecule has 0 fully saturated rings. The monoisotopic (exact) mass is 212 g/mol. The molecule has 0 aromatic rings. The molecule has 1 N–H and O–H groups in total. The summed E-state index contributed by atoms with van der Waals surface area (Å²) in [4.78, 5) is 11.3. The molecule has 0 aliphatic carbocycles. The van der Waals surface area contributed by atoms with Gasteiger partial charge in [0, 0.05) is 12.1 Å². The van der Waals surface area contributed by atoms with Crippen LogP contribution < -0.4 is 5.43 Å². The van der Waals surface area contributed by atoms with E-state index in [0.29, 0.717) is 6.42 Å². The van der Waals surface area contributed by atoms with Gasteiger partial charge in [0.2, 0.25) is 5.91 Å². The minimum Gasteiger partial charge on any atom is -0.273 e. The molecule has 0 unspecified atom stereocenters. The van der Waals surface area contributed by atoms with Crippen LogP contribution in [0, 0.1) is 0 Å². The van der Waals surface area contributed by atoms with E-state index in [1.165, 1.54) is 12.8 Å². The van der Waals surface area contributed by atoms with Gasteiger partial charge in [-0.05, 0) is 19.3 Å². The van der Waals surface area contributed by atoms with Crippen molar-refractivity contribution in [2.24, 2.45) is 5.10 Å². The van der Waals surface area contributed by atoms with Gasteiger partial charge in [-0.15, -0.1) is 0 Å². The average molecular weight is 212 g/mol. The van der Waals surface area contributed by atoms with Crippen LogP contribution in [-0.2, 0) is 4.79 Å². The molecular weight excluding hydrogens is 188 g/mol. The fraction of sp³-hybridized carbons (Fsp3) is 0.833. The maximum absolute atomic E-state index is 11.3. The van der Waals surface area contributed by atoms with Gasteiger partial charge in [0.1, 0.15) is 0 Å². The van der Waals surface area contributed by atoms with Crippen LogP contribution in [0.15, 0.2) is 5.10 Å². The maximum atomic E-state index is 11.3. The summed E-state index contributed by atoms with van der Waals surface area (Å²) in [6, 6.07) is 0. The molecule has 0 atom stereocenters. The molecule has 15 heavy (non-hydrogen) atoms. The number of hydrogen-bond acceptors (Lipinski definition) is 2. The van der Waals surface area contributed by atoms with Gasteiger partial charge in [0.25, 0.3) is 0 Å². The Labute approximate surface area is 93.3 Å². The van der Waals surface area contributed by atoms with Crippen molar-refractivity contribution in [2.75, 3.05) is 0 Å². The SMILES string of the molecule is CCCCCCC(=O)NN=C(CC)CC. The summed E-state index contributed by atoms with van der Waals surface area (Å²) >= 11 is 0. The number of carbonyl (C=O) groups is 1. The quantitative estimate of drug-likeness (QED) is 0.374. The molecule has 88 valence electrons. The lowest BCUT2D eigenvalue weighted by atomic mass is 10.1. The highest BCUT2D eigenvalue weighted by Gasteiger charge is 1.99. The zero-order chi connectivity index (χ0) is 11.5. The maximum Gasteiger partial charge on any atom is 0.240 e. The molecule has 0 heterocycles. The molecule has 0 aliphatic heterocycles. The first-order chi connectivity index (χ1) is 7.24. The highest BCUT2D eigenvalue weighted by molar-refractivity contribution is 5.85. The van der Waals surface area contributed by atoms with E-state index in [1.54, 1.807) is 0 Å². The van der Waals surface area contributed by atoms with E-state index in [0.717, 1.165) is 31.4 Å². The van der Waals surface area contributed by atoms with Gasteiger partial charge in [-0.2, -0.15) is 5.10 Å². The Kier molecular flexibility index (Phi) is 9.13. The van der Waals surface area contributed by atoms with Gasteiger partial charge >= 0.3 is 0 Å². The molecule has 0 saturated carbocycles. The summed E-state index contributed by atoms with van der Waals surface area (Å²) < 4.78 is 0. The molecule has 0 rings (SSSR count). The van der Waals surface area contributed by atoms with E-state index in [1.807, 2.05) is 0 Å². The second kappa shape index (κ2) is 9.69. The summed E-state index contributed by atoms with van der Waals surface area (Å²) in [7, 11) is 0. The van der Waals surface area contributed by atoms with Crippen LogP contribution in [-0.4, -0.2) is 11.6 Å². The molecule has 0 aromatic carbocycles. The smallest absolute Gasteiger partial charge is 0.240 e. The van der Waals surface area contributed by atoms with Gasteiger partial charge in [0.15, 0.2) is 0 Å². The third kappa shape index (κ3) is 8.16. The molecule has 0 spiro atoms. The van der Waals surface area contributed by atoms with Crippen molar-refractivity contribution in [2.45, 2.75) is 65.7 Å². The van der Waals surface area contributed by atoms with Gasteiger partial charge in [-0.25, -0.2) is 5.43 Å². The Hall–Kier alpha value is -0.860. The van der Waals surface area contributed by atoms with Gasteiger partial charge in [-0.3, -0.25) is 4.79 Å². The Morgan fingerprint density at radius 2 is 1.73 bits per heavy atom. The number of hydrazone groups is 1. The summed E-state index contributed by atoms with van der Waals surface area (Å²) in [6.45, 7) is 6.27. The van der Waals surface area contributed by atoms with E-state index < -0.39 is 0 Å². The van der Waals surface area contributed by atoms with E-state index in [4.69, 9.17) is 0 Å². The summed E-state index contributed by atoms with van der Waals surface area (Å²) in [5.74, 6) is 0.0468. The third-order valence-corrected chi connectivity index (χ3v) is 2.41. The van der Waals surface area contributed by atoms with Crippen molar-refractivity contribution in [3.8, 4) is 0 Å². The normalized spacial score (nSPS) is 9.80. The van der Waals surface area contributed by atoms with Crippen LogP contribution in [0.25, 0.3) is 0 Å². The first kappa shape index (κ1) is 14.1. The molecule has 0 radical (unpaired) electrons. The first-order valence-electron chi connectivity index (χ1n) is 6.08. The van der Waals surface area contributed by atoms with Crippen LogP contribution in [0.2, 0.25) is 0 Å². The van der Waals surface area contributed by atoms with E-state index >= 15 is 0 Å². The van der Waals surface area contributed by atoms with Crippen LogP contribution in [0.5, 0.6) is 0 Å². The van der Waals surface area contributed by atoms with Crippen molar-refractivity contribution in [3.63, 3.8) is 0 Å². The lowest BCUT2D eigenvalue weighted by Gasteiger charge is -2.02. The first-order valence-corrected chi connectivity index (χ1v) is 6.08. The number of hydrogen-bond donors (Lipinski definition) is 1. The van der Waals surface area contributed by atoms with E-state index in [2.05, 4.69) is 31.3 Å². The number of rotatable bonds is 8. The average Bonchev–Trinajstić information content (AvgIpc) is 2.26. The zero-order valence-corrected chi connectivity index (χ0v) is 10.3. The minimum absolute atomic E-state index is 0.0468. The number of nitrogens with one attached hydrogen (secondary N) is 1. The summed E-state index contributed by atoms with van der Waals surface area (Å²) in [5.41, 5.74) is 3.66. The standard InChI is InChI=1S/C12H24N2O/c1-4-7-8-9-10-12(15)14-13-11(5-2)6-3/h4-10H2,1-3H3,(H,14,15). The van der Waals surface area contributed by atoms with Gasteiger partial charge in [-0.1, -0.05) is 40.0 Å². The van der Waals surface area contributed by atoms with Gasteiger partial charge < -0.3 is 0 Å². The van der Waals surface area contributed by atoms with Gasteiger partial charge in [0.05, 0.1) is 0 Å². The molecule has 0 aromatic heterocycles. The Morgan fingerprint density at radius 1 is 1.07 bits per heavy atom. The van der Waals surface area contributed by atoms with Crippen molar-refractivity contribution < 1.29 is 4.79 Å². The number of carbonyl (C=O) groups excluding carboxylic acids is 1. The van der Waals surface area contributed by atoms with Crippen LogP contribution >= 0.6 is 0 Å². The fourth-order valence-electron chi connectivity index (χ4n) is 1.32. The lowest BCUT2D eigenvalue weighted by molar-refractivity contribution is -0.121. The third-order valence-electron chi connectivity index (χ3n) is 2.41. The zero-order valence-electron chi connectivity index (χ0n) is 10.3. The second-order valence-corrected chi connectivity index (χ2v) is 3.73. The Morgan fingerprint density at radius 3 is 2.27 bits per heavy atom. The molecule has 0 saturated heterocycles. The number of nitrogens with zero attached hydrogens (tertiary/aromatic N) is 1. The molecular formula is C12H24N2O. The highest BCUT2D eigenvalue weighted by Crippen LogP contribution is 2.02. The predicted octanol–water partition coefficient (Wildman–Crippen LogP) is 3.25. The fourth-order valence-corrected chi connectivity index (χ4v) is 1.32. The predicted molar refractivity (Wildman–Crippen MR) is 64.9 cm³/mol. The lowest BCUT2D eigenvalue weighted by Crippen LogP contribution is -2.18. The van der Waals surface area contributed by atoms with Crippen LogP contribution in [0.1, 0.15) is 65.7 Å².